The maximum absolute atomic E-state index is 12.7. The molecule has 1 atom stereocenters. The number of halogens is 1. The van der Waals surface area contributed by atoms with Gasteiger partial charge in [-0.15, -0.1) is 0 Å². The molecule has 2 heterocycles. The van der Waals surface area contributed by atoms with Gasteiger partial charge >= 0.3 is 0 Å². The molecule has 1 aliphatic rings. The van der Waals surface area contributed by atoms with Crippen LogP contribution in [0, 0.1) is 0 Å². The summed E-state index contributed by atoms with van der Waals surface area (Å²) in [6.07, 6.45) is 1.29. The van der Waals surface area contributed by atoms with Crippen LogP contribution in [0.25, 0.3) is 11.3 Å². The zero-order valence-corrected chi connectivity index (χ0v) is 14.6. The number of piperazine rings is 1. The van der Waals surface area contributed by atoms with Crippen LogP contribution in [0.15, 0.2) is 47.5 Å². The molecule has 0 unspecified atom stereocenters. The van der Waals surface area contributed by atoms with E-state index in [0.29, 0.717) is 36.0 Å². The monoisotopic (exact) mass is 359 g/mol. The van der Waals surface area contributed by atoms with Crippen molar-refractivity contribution >= 4 is 23.4 Å². The van der Waals surface area contributed by atoms with Gasteiger partial charge in [0.2, 0.25) is 5.91 Å². The summed E-state index contributed by atoms with van der Waals surface area (Å²) in [5, 5.41) is 4.42. The Morgan fingerprint density at radius 2 is 2.12 bits per heavy atom. The van der Waals surface area contributed by atoms with Gasteiger partial charge in [-0.3, -0.25) is 9.59 Å². The van der Waals surface area contributed by atoms with E-state index in [1.807, 2.05) is 19.1 Å². The second kappa shape index (κ2) is 7.11. The summed E-state index contributed by atoms with van der Waals surface area (Å²) in [6, 6.07) is 8.68. The van der Waals surface area contributed by atoms with E-state index in [0.717, 1.165) is 0 Å². The highest BCUT2D eigenvalue weighted by molar-refractivity contribution is 6.33. The summed E-state index contributed by atoms with van der Waals surface area (Å²) in [4.78, 5) is 27.8. The normalized spacial score (nSPS) is 17.4. The summed E-state index contributed by atoms with van der Waals surface area (Å²) in [6.45, 7) is 6.77. The minimum Gasteiger partial charge on any atom is -0.355 e. The van der Waals surface area contributed by atoms with Crippen molar-refractivity contribution in [1.29, 1.82) is 0 Å². The third kappa shape index (κ3) is 3.44. The standard InChI is InChI=1S/C18H18ClN3O3/c1-3-17(23)21-8-9-22(12(2)11-21)18(24)15-10-16(25-20-15)13-6-4-5-7-14(13)19/h3-7,10,12H,1,8-9,11H2,2H3/t12-/m0/s1. The van der Waals surface area contributed by atoms with Crippen molar-refractivity contribution in [2.45, 2.75) is 13.0 Å². The lowest BCUT2D eigenvalue weighted by atomic mass is 10.1. The van der Waals surface area contributed by atoms with E-state index in [4.69, 9.17) is 16.1 Å². The summed E-state index contributed by atoms with van der Waals surface area (Å²) in [7, 11) is 0. The van der Waals surface area contributed by atoms with Crippen LogP contribution in [-0.4, -0.2) is 52.4 Å². The molecular formula is C18H18ClN3O3. The highest BCUT2D eigenvalue weighted by Crippen LogP contribution is 2.28. The molecule has 2 aromatic rings. The molecule has 2 amide bonds. The second-order valence-electron chi connectivity index (χ2n) is 5.89. The summed E-state index contributed by atoms with van der Waals surface area (Å²) < 4.78 is 5.30. The van der Waals surface area contributed by atoms with Crippen molar-refractivity contribution in [2.75, 3.05) is 19.6 Å². The summed E-state index contributed by atoms with van der Waals surface area (Å²) in [5.74, 6) is 0.101. The topological polar surface area (TPSA) is 66.7 Å². The first-order valence-electron chi connectivity index (χ1n) is 7.95. The lowest BCUT2D eigenvalue weighted by molar-refractivity contribution is -0.128. The molecule has 1 fully saturated rings. The Hall–Kier alpha value is -2.60. The predicted molar refractivity (Wildman–Crippen MR) is 94.2 cm³/mol. The number of carbonyl (C=O) groups is 2. The SMILES string of the molecule is C=CC(=O)N1CCN(C(=O)c2cc(-c3ccccc3Cl)on2)[C@@H](C)C1. The van der Waals surface area contributed by atoms with Gasteiger partial charge in [0, 0.05) is 37.3 Å². The molecule has 0 N–H and O–H groups in total. The Balaban J connectivity index is 1.75. The fourth-order valence-corrected chi connectivity index (χ4v) is 3.13. The zero-order valence-electron chi connectivity index (χ0n) is 13.8. The Morgan fingerprint density at radius 1 is 1.36 bits per heavy atom. The zero-order chi connectivity index (χ0) is 18.0. The Bertz CT molecular complexity index is 817. The molecule has 130 valence electrons. The van der Waals surface area contributed by atoms with Crippen LogP contribution in [0.3, 0.4) is 0 Å². The minimum absolute atomic E-state index is 0.120. The number of amides is 2. The summed E-state index contributed by atoms with van der Waals surface area (Å²) in [5.41, 5.74) is 0.912. The maximum atomic E-state index is 12.7. The van der Waals surface area contributed by atoms with E-state index in [1.54, 1.807) is 28.0 Å². The third-order valence-electron chi connectivity index (χ3n) is 4.24. The number of aromatic nitrogens is 1. The van der Waals surface area contributed by atoms with Crippen molar-refractivity contribution in [3.63, 3.8) is 0 Å². The van der Waals surface area contributed by atoms with Gasteiger partial charge in [-0.1, -0.05) is 35.5 Å². The molecule has 1 aromatic heterocycles. The van der Waals surface area contributed by atoms with Crippen LogP contribution in [0.5, 0.6) is 0 Å². The van der Waals surface area contributed by atoms with Crippen molar-refractivity contribution in [3.05, 3.63) is 53.7 Å². The molecule has 0 bridgehead atoms. The van der Waals surface area contributed by atoms with Crippen molar-refractivity contribution < 1.29 is 14.1 Å². The number of nitrogens with zero attached hydrogens (tertiary/aromatic N) is 3. The van der Waals surface area contributed by atoms with Gasteiger partial charge < -0.3 is 14.3 Å². The molecular weight excluding hydrogens is 342 g/mol. The molecule has 3 rings (SSSR count). The molecule has 0 aliphatic carbocycles. The molecule has 0 spiro atoms. The van der Waals surface area contributed by atoms with Gasteiger partial charge in [0.15, 0.2) is 11.5 Å². The first kappa shape index (κ1) is 17.2. The molecule has 7 heteroatoms. The number of benzene rings is 1. The molecule has 6 nitrogen and oxygen atoms in total. The van der Waals surface area contributed by atoms with Gasteiger partial charge in [0.1, 0.15) is 0 Å². The summed E-state index contributed by atoms with van der Waals surface area (Å²) >= 11 is 6.15. The Morgan fingerprint density at radius 3 is 2.80 bits per heavy atom. The first-order valence-corrected chi connectivity index (χ1v) is 8.33. The van der Waals surface area contributed by atoms with E-state index in [-0.39, 0.29) is 23.6 Å². The largest absolute Gasteiger partial charge is 0.355 e. The van der Waals surface area contributed by atoms with E-state index in [2.05, 4.69) is 11.7 Å². The third-order valence-corrected chi connectivity index (χ3v) is 4.57. The van der Waals surface area contributed by atoms with Gasteiger partial charge in [-0.05, 0) is 25.1 Å². The van der Waals surface area contributed by atoms with Gasteiger partial charge in [-0.2, -0.15) is 0 Å². The van der Waals surface area contributed by atoms with E-state index < -0.39 is 0 Å². The van der Waals surface area contributed by atoms with Gasteiger partial charge in [-0.25, -0.2) is 0 Å². The number of hydrogen-bond donors (Lipinski definition) is 0. The van der Waals surface area contributed by atoms with Gasteiger partial charge in [0.25, 0.3) is 5.91 Å². The van der Waals surface area contributed by atoms with Crippen molar-refractivity contribution in [2.24, 2.45) is 0 Å². The molecule has 0 saturated carbocycles. The second-order valence-corrected chi connectivity index (χ2v) is 6.30. The Labute approximate surface area is 150 Å². The Kier molecular flexibility index (Phi) is 4.90. The number of hydrogen-bond acceptors (Lipinski definition) is 4. The lowest BCUT2D eigenvalue weighted by Crippen LogP contribution is -2.55. The van der Waals surface area contributed by atoms with Crippen LogP contribution in [-0.2, 0) is 4.79 Å². The predicted octanol–water partition coefficient (Wildman–Crippen LogP) is 2.85. The van der Waals surface area contributed by atoms with Crippen molar-refractivity contribution in [3.8, 4) is 11.3 Å². The van der Waals surface area contributed by atoms with Crippen LogP contribution in [0.1, 0.15) is 17.4 Å². The highest BCUT2D eigenvalue weighted by Gasteiger charge is 2.31. The van der Waals surface area contributed by atoms with E-state index in [1.165, 1.54) is 6.08 Å². The lowest BCUT2D eigenvalue weighted by Gasteiger charge is -2.39. The van der Waals surface area contributed by atoms with Crippen LogP contribution >= 0.6 is 11.6 Å². The van der Waals surface area contributed by atoms with Crippen LogP contribution in [0.4, 0.5) is 0 Å². The fourth-order valence-electron chi connectivity index (χ4n) is 2.90. The molecule has 1 aliphatic heterocycles. The average Bonchev–Trinajstić information content (AvgIpc) is 3.10. The highest BCUT2D eigenvalue weighted by atomic mass is 35.5. The fraction of sp³-hybridized carbons (Fsp3) is 0.278. The molecule has 1 saturated heterocycles. The van der Waals surface area contributed by atoms with Gasteiger partial charge in [0.05, 0.1) is 5.02 Å². The van der Waals surface area contributed by atoms with E-state index in [9.17, 15) is 9.59 Å². The minimum atomic E-state index is -0.222. The van der Waals surface area contributed by atoms with Crippen LogP contribution < -0.4 is 0 Å². The van der Waals surface area contributed by atoms with Crippen LogP contribution in [0.2, 0.25) is 5.02 Å². The number of carbonyl (C=O) groups excluding carboxylic acids is 2. The smallest absolute Gasteiger partial charge is 0.276 e. The maximum Gasteiger partial charge on any atom is 0.276 e. The molecule has 25 heavy (non-hydrogen) atoms. The molecule has 1 aromatic carbocycles. The number of rotatable bonds is 3. The first-order chi connectivity index (χ1) is 12.0. The van der Waals surface area contributed by atoms with E-state index >= 15 is 0 Å². The quantitative estimate of drug-likeness (QED) is 0.790. The average molecular weight is 360 g/mol. The molecule has 0 radical (unpaired) electrons. The van der Waals surface area contributed by atoms with Crippen molar-refractivity contribution in [1.82, 2.24) is 15.0 Å².